The van der Waals surface area contributed by atoms with Crippen LogP contribution in [0.5, 0.6) is 0 Å². The summed E-state index contributed by atoms with van der Waals surface area (Å²) in [5.41, 5.74) is 1.56. The molecule has 1 unspecified atom stereocenters. The fourth-order valence-corrected chi connectivity index (χ4v) is 2.11. The quantitative estimate of drug-likeness (QED) is 0.604. The predicted octanol–water partition coefficient (Wildman–Crippen LogP) is 0.526. The number of benzene rings is 1. The van der Waals surface area contributed by atoms with Crippen molar-refractivity contribution in [2.45, 2.75) is 45.5 Å². The molecule has 1 aromatic rings. The summed E-state index contributed by atoms with van der Waals surface area (Å²) in [5, 5.41) is 7.88. The van der Waals surface area contributed by atoms with E-state index in [1.807, 2.05) is 12.1 Å². The maximum absolute atomic E-state index is 12.3. The molecule has 0 spiro atoms. The van der Waals surface area contributed by atoms with Crippen molar-refractivity contribution in [1.82, 2.24) is 10.6 Å². The maximum atomic E-state index is 12.3. The minimum absolute atomic E-state index is 0.144. The normalized spacial score (nSPS) is 13.0. The second-order valence-electron chi connectivity index (χ2n) is 6.11. The Labute approximate surface area is 151 Å². The fourth-order valence-electron chi connectivity index (χ4n) is 2.11. The molecule has 3 N–H and O–H groups in total. The summed E-state index contributed by atoms with van der Waals surface area (Å²) < 4.78 is 0. The van der Waals surface area contributed by atoms with Gasteiger partial charge in [-0.3, -0.25) is 14.4 Å². The van der Waals surface area contributed by atoms with Gasteiger partial charge in [0.25, 0.3) is 0 Å². The van der Waals surface area contributed by atoms with Crippen LogP contribution in [0.15, 0.2) is 24.3 Å². The van der Waals surface area contributed by atoms with Crippen LogP contribution in [0.25, 0.3) is 0 Å². The number of carbonyl (C=O) groups excluding carboxylic acids is 3. The van der Waals surface area contributed by atoms with Gasteiger partial charge in [0, 0.05) is 5.69 Å². The fraction of sp³-hybridized carbons (Fsp3) is 0.471. The summed E-state index contributed by atoms with van der Waals surface area (Å²) >= 11 is 0. The zero-order chi connectivity index (χ0) is 19.0. The van der Waals surface area contributed by atoms with Crippen LogP contribution in [-0.4, -0.2) is 45.5 Å². The highest BCUT2D eigenvalue weighted by atomic mass is 16.2. The van der Waals surface area contributed by atoms with E-state index in [0.717, 1.165) is 5.56 Å². The first-order valence-corrected chi connectivity index (χ1v) is 8.18. The summed E-state index contributed by atoms with van der Waals surface area (Å²) in [6.07, 6.45) is 0.219. The summed E-state index contributed by atoms with van der Waals surface area (Å²) in [7, 11) is 10.8. The highest BCUT2D eigenvalue weighted by Gasteiger charge is 2.26. The van der Waals surface area contributed by atoms with Gasteiger partial charge in [-0.25, -0.2) is 0 Å². The van der Waals surface area contributed by atoms with Gasteiger partial charge in [-0.05, 0) is 31.3 Å². The van der Waals surface area contributed by atoms with E-state index in [2.05, 4.69) is 16.0 Å². The van der Waals surface area contributed by atoms with Crippen LogP contribution >= 0.6 is 0 Å². The van der Waals surface area contributed by atoms with E-state index in [-0.39, 0.29) is 18.1 Å². The van der Waals surface area contributed by atoms with E-state index in [1.165, 1.54) is 0 Å². The number of hydrogen-bond donors (Lipinski definition) is 3. The van der Waals surface area contributed by atoms with Crippen LogP contribution in [0.4, 0.5) is 5.69 Å². The Kier molecular flexibility index (Phi) is 8.25. The zero-order valence-corrected chi connectivity index (χ0v) is 14.8. The van der Waals surface area contributed by atoms with E-state index in [1.54, 1.807) is 32.9 Å². The molecule has 0 aromatic heterocycles. The number of anilines is 1. The van der Waals surface area contributed by atoms with E-state index in [4.69, 9.17) is 15.7 Å². The molecule has 3 amide bonds. The van der Waals surface area contributed by atoms with E-state index in [9.17, 15) is 14.4 Å². The molecular weight excluding hydrogens is 316 g/mol. The molecule has 8 heteroatoms. The predicted molar refractivity (Wildman–Crippen MR) is 99.5 cm³/mol. The van der Waals surface area contributed by atoms with Gasteiger partial charge in [-0.15, -0.1) is 0 Å². The maximum Gasteiger partial charge on any atom is 0.246 e. The second kappa shape index (κ2) is 9.91. The number of carbonyl (C=O) groups is 3. The summed E-state index contributed by atoms with van der Waals surface area (Å²) in [6.45, 7) is 5.17. The molecule has 0 aliphatic carbocycles. The van der Waals surface area contributed by atoms with Gasteiger partial charge in [0.2, 0.25) is 17.7 Å². The third-order valence-corrected chi connectivity index (χ3v) is 3.66. The molecule has 6 nitrogen and oxygen atoms in total. The Hall–Kier alpha value is -2.24. The highest BCUT2D eigenvalue weighted by molar-refractivity contribution is 6.20. The van der Waals surface area contributed by atoms with Crippen LogP contribution in [0.3, 0.4) is 0 Å². The van der Waals surface area contributed by atoms with Crippen molar-refractivity contribution in [2.75, 3.05) is 5.32 Å². The molecule has 2 atom stereocenters. The van der Waals surface area contributed by atoms with E-state index < -0.39 is 23.9 Å². The van der Waals surface area contributed by atoms with Crippen LogP contribution < -0.4 is 16.0 Å². The average molecular weight is 339 g/mol. The Morgan fingerprint density at radius 2 is 1.56 bits per heavy atom. The Morgan fingerprint density at radius 1 is 0.960 bits per heavy atom. The highest BCUT2D eigenvalue weighted by Crippen LogP contribution is 2.10. The third-order valence-electron chi connectivity index (χ3n) is 3.66. The number of hydrogen-bond acceptors (Lipinski definition) is 3. The molecule has 0 saturated carbocycles. The lowest BCUT2D eigenvalue weighted by molar-refractivity contribution is -0.131. The van der Waals surface area contributed by atoms with E-state index >= 15 is 0 Å². The molecule has 1 aromatic carbocycles. The van der Waals surface area contributed by atoms with Crippen molar-refractivity contribution in [2.24, 2.45) is 5.92 Å². The SMILES string of the molecule is [B]CC(=O)NC(C(=O)N[C@@H](C)C(=O)Nc1ccc(C[B])cc1)C(C)C. The molecule has 0 aliphatic heterocycles. The first-order chi connectivity index (χ1) is 11.8. The smallest absolute Gasteiger partial charge is 0.246 e. The van der Waals surface area contributed by atoms with Crippen molar-refractivity contribution in [3.05, 3.63) is 29.8 Å². The molecule has 0 fully saturated rings. The molecule has 0 saturated heterocycles. The lowest BCUT2D eigenvalue weighted by atomic mass is 9.97. The van der Waals surface area contributed by atoms with E-state index in [0.29, 0.717) is 12.0 Å². The number of nitrogens with one attached hydrogen (secondary N) is 3. The van der Waals surface area contributed by atoms with Gasteiger partial charge in [0.1, 0.15) is 12.1 Å². The Bertz CT molecular complexity index is 606. The monoisotopic (exact) mass is 339 g/mol. The van der Waals surface area contributed by atoms with Gasteiger partial charge < -0.3 is 16.0 Å². The molecule has 0 aliphatic rings. The third kappa shape index (κ3) is 6.64. The number of amides is 3. The lowest BCUT2D eigenvalue weighted by Gasteiger charge is -2.23. The van der Waals surface area contributed by atoms with Crippen LogP contribution in [0, 0.1) is 5.92 Å². The van der Waals surface area contributed by atoms with Crippen molar-refractivity contribution >= 4 is 39.1 Å². The van der Waals surface area contributed by atoms with Gasteiger partial charge in [-0.2, -0.15) is 0 Å². The van der Waals surface area contributed by atoms with Crippen LogP contribution in [-0.2, 0) is 20.7 Å². The minimum Gasteiger partial charge on any atom is -0.345 e. The molecule has 130 valence electrons. The molecule has 25 heavy (non-hydrogen) atoms. The van der Waals surface area contributed by atoms with Crippen LogP contribution in [0.1, 0.15) is 26.3 Å². The molecule has 4 radical (unpaired) electrons. The second-order valence-corrected chi connectivity index (χ2v) is 6.11. The lowest BCUT2D eigenvalue weighted by Crippen LogP contribution is -2.53. The molecular formula is C17H23B2N3O3. The van der Waals surface area contributed by atoms with Crippen molar-refractivity contribution < 1.29 is 14.4 Å². The average Bonchev–Trinajstić information content (AvgIpc) is 2.59. The summed E-state index contributed by atoms with van der Waals surface area (Å²) in [5.74, 6) is -1.36. The standard InChI is InChI=1S/C17H23B2N3O3/c1-10(2)15(22-14(23)9-19)17(25)20-11(3)16(24)21-13-6-4-12(8-18)5-7-13/h4-7,10-11,15H,8-9H2,1-3H3,(H,20,25)(H,21,24)(H,22,23)/t11-,15?/m0/s1. The zero-order valence-electron chi connectivity index (χ0n) is 14.8. The largest absolute Gasteiger partial charge is 0.345 e. The molecule has 1 rings (SSSR count). The van der Waals surface area contributed by atoms with Gasteiger partial charge in [0.15, 0.2) is 0 Å². The van der Waals surface area contributed by atoms with Crippen molar-refractivity contribution in [3.8, 4) is 0 Å². The molecule has 0 heterocycles. The topological polar surface area (TPSA) is 87.3 Å². The number of rotatable bonds is 8. The summed E-state index contributed by atoms with van der Waals surface area (Å²) in [4.78, 5) is 36.0. The Balaban J connectivity index is 2.64. The van der Waals surface area contributed by atoms with Crippen molar-refractivity contribution in [3.63, 3.8) is 0 Å². The first kappa shape index (κ1) is 20.8. The van der Waals surface area contributed by atoms with Crippen molar-refractivity contribution in [1.29, 1.82) is 0 Å². The van der Waals surface area contributed by atoms with Crippen LogP contribution in [0.2, 0.25) is 6.32 Å². The van der Waals surface area contributed by atoms with Gasteiger partial charge in [0.05, 0.1) is 15.7 Å². The Morgan fingerprint density at radius 3 is 2.04 bits per heavy atom. The summed E-state index contributed by atoms with van der Waals surface area (Å²) in [6, 6.07) is 5.60. The van der Waals surface area contributed by atoms with Gasteiger partial charge >= 0.3 is 0 Å². The van der Waals surface area contributed by atoms with Gasteiger partial charge in [-0.1, -0.05) is 37.9 Å². The minimum atomic E-state index is -0.766. The molecule has 0 bridgehead atoms. The first-order valence-electron chi connectivity index (χ1n) is 8.18.